The third-order valence-electron chi connectivity index (χ3n) is 0.572. The van der Waals surface area contributed by atoms with Crippen molar-refractivity contribution in [1.82, 2.24) is 0 Å². The summed E-state index contributed by atoms with van der Waals surface area (Å²) in [5, 5.41) is 7.86. The van der Waals surface area contributed by atoms with Crippen LogP contribution in [0.25, 0.3) is 0 Å². The minimum Gasteiger partial charge on any atom is -0.198 e. The van der Waals surface area contributed by atoms with E-state index in [2.05, 4.69) is 0 Å². The van der Waals surface area contributed by atoms with Gasteiger partial charge >= 0.3 is 0 Å². The van der Waals surface area contributed by atoms with Gasteiger partial charge in [0.2, 0.25) is 0 Å². The SMILES string of the molecule is CS(F)(F)CCC#N. The molecule has 0 unspecified atom stereocenters. The summed E-state index contributed by atoms with van der Waals surface area (Å²) in [6.45, 7) is 0. The zero-order valence-corrected chi connectivity index (χ0v) is 5.34. The summed E-state index contributed by atoms with van der Waals surface area (Å²) in [7, 11) is -3.41. The van der Waals surface area contributed by atoms with Crippen LogP contribution in [-0.4, -0.2) is 12.0 Å². The lowest BCUT2D eigenvalue weighted by atomic mass is 10.6. The van der Waals surface area contributed by atoms with Crippen molar-refractivity contribution in [1.29, 1.82) is 5.26 Å². The molecular weight excluding hydrogens is 132 g/mol. The molecule has 0 N–H and O–H groups in total. The second-order valence-electron chi connectivity index (χ2n) is 1.49. The van der Waals surface area contributed by atoms with Crippen LogP contribution in [0.4, 0.5) is 7.77 Å². The highest BCUT2D eigenvalue weighted by Gasteiger charge is 2.12. The Morgan fingerprint density at radius 1 is 1.62 bits per heavy atom. The first-order chi connectivity index (χ1) is 3.56. The van der Waals surface area contributed by atoms with Gasteiger partial charge in [-0.15, -0.1) is 0 Å². The van der Waals surface area contributed by atoms with Crippen molar-refractivity contribution < 1.29 is 7.77 Å². The zero-order valence-electron chi connectivity index (χ0n) is 4.53. The normalized spacial score (nSPS) is 12.8. The van der Waals surface area contributed by atoms with Gasteiger partial charge in [0.1, 0.15) is 0 Å². The van der Waals surface area contributed by atoms with Crippen LogP contribution < -0.4 is 0 Å². The summed E-state index contributed by atoms with van der Waals surface area (Å²) in [6, 6.07) is 1.67. The highest BCUT2D eigenvalue weighted by atomic mass is 32.3. The van der Waals surface area contributed by atoms with Gasteiger partial charge in [-0.2, -0.15) is 13.0 Å². The number of rotatable bonds is 2. The molecule has 0 aromatic heterocycles. The molecule has 0 atom stereocenters. The fourth-order valence-electron chi connectivity index (χ4n) is 0.225. The van der Waals surface area contributed by atoms with E-state index in [4.69, 9.17) is 5.26 Å². The number of nitrogens with zero attached hydrogens (tertiary/aromatic N) is 1. The molecule has 0 rings (SSSR count). The Bertz CT molecular complexity index is 102. The number of nitriles is 1. The van der Waals surface area contributed by atoms with Crippen molar-refractivity contribution in [2.75, 3.05) is 12.0 Å². The van der Waals surface area contributed by atoms with E-state index in [-0.39, 0.29) is 12.2 Å². The third-order valence-corrected chi connectivity index (χ3v) is 1.49. The molecule has 0 saturated heterocycles. The second-order valence-corrected chi connectivity index (χ2v) is 3.64. The highest BCUT2D eigenvalue weighted by molar-refractivity contribution is 8.24. The number of hydrogen-bond donors (Lipinski definition) is 0. The lowest BCUT2D eigenvalue weighted by Gasteiger charge is -2.10. The van der Waals surface area contributed by atoms with Gasteiger partial charge in [0.05, 0.1) is 16.9 Å². The smallest absolute Gasteiger partial charge is 0.0631 e. The second kappa shape index (κ2) is 2.88. The molecule has 8 heavy (non-hydrogen) atoms. The Morgan fingerprint density at radius 3 is 2.25 bits per heavy atom. The maximum absolute atomic E-state index is 11.8. The molecule has 4 heteroatoms. The largest absolute Gasteiger partial charge is 0.198 e. The van der Waals surface area contributed by atoms with E-state index in [1.54, 1.807) is 6.07 Å². The molecule has 0 amide bonds. The first kappa shape index (κ1) is 7.70. The van der Waals surface area contributed by atoms with Crippen LogP contribution in [0.5, 0.6) is 0 Å². The summed E-state index contributed by atoms with van der Waals surface area (Å²) in [6.07, 6.45) is 0.864. The fourth-order valence-corrected chi connectivity index (χ4v) is 0.675. The molecule has 0 aliphatic heterocycles. The monoisotopic (exact) mass is 139 g/mol. The van der Waals surface area contributed by atoms with E-state index in [1.807, 2.05) is 0 Å². The molecule has 0 aromatic carbocycles. The predicted octanol–water partition coefficient (Wildman–Crippen LogP) is 2.10. The van der Waals surface area contributed by atoms with Crippen LogP contribution in [0.3, 0.4) is 0 Å². The summed E-state index contributed by atoms with van der Waals surface area (Å²) in [5.41, 5.74) is 0. The molecule has 0 fully saturated rings. The Labute approximate surface area is 49.2 Å². The van der Waals surface area contributed by atoms with E-state index >= 15 is 0 Å². The molecule has 0 heterocycles. The van der Waals surface area contributed by atoms with Crippen molar-refractivity contribution in [2.24, 2.45) is 0 Å². The maximum Gasteiger partial charge on any atom is 0.0631 e. The molecule has 0 aliphatic rings. The van der Waals surface area contributed by atoms with Crippen molar-refractivity contribution in [3.8, 4) is 6.07 Å². The zero-order chi connectivity index (χ0) is 6.62. The van der Waals surface area contributed by atoms with E-state index in [1.165, 1.54) is 0 Å². The van der Waals surface area contributed by atoms with Gasteiger partial charge in [-0.25, -0.2) is 0 Å². The van der Waals surface area contributed by atoms with Gasteiger partial charge in [0, 0.05) is 18.4 Å². The van der Waals surface area contributed by atoms with Gasteiger partial charge in [-0.1, -0.05) is 0 Å². The highest BCUT2D eigenvalue weighted by Crippen LogP contribution is 2.47. The van der Waals surface area contributed by atoms with Crippen LogP contribution in [0.15, 0.2) is 0 Å². The van der Waals surface area contributed by atoms with Crippen LogP contribution in [-0.2, 0) is 0 Å². The summed E-state index contributed by atoms with van der Waals surface area (Å²) in [5.74, 6) is -0.247. The molecule has 0 radical (unpaired) electrons. The molecule has 0 aromatic rings. The molecule has 1 nitrogen and oxygen atoms in total. The lowest BCUT2D eigenvalue weighted by Crippen LogP contribution is -1.87. The van der Waals surface area contributed by atoms with E-state index < -0.39 is 10.8 Å². The third kappa shape index (κ3) is 5.70. The lowest BCUT2D eigenvalue weighted by molar-refractivity contribution is 0.750. The molecule has 0 bridgehead atoms. The average Bonchev–Trinajstić information content (AvgIpc) is 1.59. The van der Waals surface area contributed by atoms with E-state index in [0.717, 1.165) is 6.26 Å². The summed E-state index contributed by atoms with van der Waals surface area (Å²) < 4.78 is 23.7. The predicted molar refractivity (Wildman–Crippen MR) is 30.8 cm³/mol. The van der Waals surface area contributed by atoms with Crippen molar-refractivity contribution in [2.45, 2.75) is 6.42 Å². The van der Waals surface area contributed by atoms with Gasteiger partial charge in [-0.05, 0) is 0 Å². The first-order valence-electron chi connectivity index (χ1n) is 2.08. The first-order valence-corrected chi connectivity index (χ1v) is 4.09. The Hall–Kier alpha value is -0.300. The van der Waals surface area contributed by atoms with E-state index in [0.29, 0.717) is 0 Å². The Morgan fingerprint density at radius 2 is 2.12 bits per heavy atom. The van der Waals surface area contributed by atoms with Crippen LogP contribution in [0.1, 0.15) is 6.42 Å². The molecule has 0 saturated carbocycles. The topological polar surface area (TPSA) is 23.8 Å². The number of hydrogen-bond acceptors (Lipinski definition) is 1. The minimum absolute atomic E-state index is 0.0289. The number of halogens is 2. The van der Waals surface area contributed by atoms with Gasteiger partial charge in [0.25, 0.3) is 0 Å². The van der Waals surface area contributed by atoms with Crippen molar-refractivity contribution >= 4 is 10.8 Å². The fraction of sp³-hybridized carbons (Fsp3) is 0.750. The van der Waals surface area contributed by atoms with Crippen molar-refractivity contribution in [3.05, 3.63) is 0 Å². The van der Waals surface area contributed by atoms with Crippen LogP contribution in [0, 0.1) is 11.3 Å². The van der Waals surface area contributed by atoms with Gasteiger partial charge in [-0.3, -0.25) is 0 Å². The van der Waals surface area contributed by atoms with Gasteiger partial charge in [0.15, 0.2) is 0 Å². The van der Waals surface area contributed by atoms with Crippen LogP contribution >= 0.6 is 10.8 Å². The molecule has 48 valence electrons. The summed E-state index contributed by atoms with van der Waals surface area (Å²) >= 11 is 0. The average molecular weight is 139 g/mol. The summed E-state index contributed by atoms with van der Waals surface area (Å²) in [4.78, 5) is 0. The van der Waals surface area contributed by atoms with Crippen molar-refractivity contribution in [3.63, 3.8) is 0 Å². The molecular formula is C4H7F2NS. The Kier molecular flexibility index (Phi) is 2.77. The maximum atomic E-state index is 11.8. The molecule has 0 aliphatic carbocycles. The quantitative estimate of drug-likeness (QED) is 0.574. The van der Waals surface area contributed by atoms with Crippen LogP contribution in [0.2, 0.25) is 0 Å². The minimum atomic E-state index is -3.41. The Balaban J connectivity index is 3.28. The van der Waals surface area contributed by atoms with E-state index in [9.17, 15) is 7.77 Å². The van der Waals surface area contributed by atoms with Gasteiger partial charge < -0.3 is 0 Å². The standard InChI is InChI=1S/C4H7F2NS/c1-8(5,6)4-2-3-7/h2,4H2,1H3. The molecule has 0 spiro atoms.